The number of nitrogens with zero attached hydrogens (tertiary/aromatic N) is 1. The average Bonchev–Trinajstić information content (AvgIpc) is 2.41. The summed E-state index contributed by atoms with van der Waals surface area (Å²) < 4.78 is 1.88. The molecule has 0 radical (unpaired) electrons. The number of pyridine rings is 1. The summed E-state index contributed by atoms with van der Waals surface area (Å²) in [6.07, 6.45) is 1.73. The summed E-state index contributed by atoms with van der Waals surface area (Å²) in [6.45, 7) is 1.90. The van der Waals surface area contributed by atoms with Crippen LogP contribution in [0.1, 0.15) is 17.3 Å². The van der Waals surface area contributed by atoms with Crippen molar-refractivity contribution in [1.29, 1.82) is 0 Å². The number of thioether (sulfide) groups is 1. The number of carbonyl (C=O) groups is 1. The Morgan fingerprint density at radius 3 is 2.53 bits per heavy atom. The zero-order valence-electron chi connectivity index (χ0n) is 10.1. The number of hydrogen-bond donors (Lipinski definition) is 0. The van der Waals surface area contributed by atoms with Crippen LogP contribution in [0.15, 0.2) is 56.6 Å². The smallest absolute Gasteiger partial charge is 0.175 e. The maximum absolute atomic E-state index is 12.3. The van der Waals surface area contributed by atoms with E-state index in [4.69, 9.17) is 0 Å². The van der Waals surface area contributed by atoms with E-state index in [9.17, 15) is 4.79 Å². The van der Waals surface area contributed by atoms with Gasteiger partial charge in [0.15, 0.2) is 5.78 Å². The van der Waals surface area contributed by atoms with Crippen LogP contribution in [0.3, 0.4) is 0 Å². The number of halogens is 2. The molecule has 19 heavy (non-hydrogen) atoms. The van der Waals surface area contributed by atoms with Gasteiger partial charge in [-0.15, -0.1) is 0 Å². The molecule has 98 valence electrons. The zero-order valence-corrected chi connectivity index (χ0v) is 14.1. The number of carbonyl (C=O) groups excluding carboxylic acids is 1. The number of ketones is 1. The van der Waals surface area contributed by atoms with Crippen LogP contribution < -0.4 is 0 Å². The Bertz CT molecular complexity index is 586. The minimum Gasteiger partial charge on any atom is -0.293 e. The molecular formula is C14H11Br2NOS. The highest BCUT2D eigenvalue weighted by atomic mass is 79.9. The lowest BCUT2D eigenvalue weighted by Crippen LogP contribution is -2.13. The molecule has 0 amide bonds. The van der Waals surface area contributed by atoms with Gasteiger partial charge in [0.2, 0.25) is 0 Å². The average molecular weight is 401 g/mol. The summed E-state index contributed by atoms with van der Waals surface area (Å²) in [6, 6.07) is 11.2. The fourth-order valence-corrected chi connectivity index (χ4v) is 3.21. The Kier molecular flexibility index (Phi) is 5.19. The van der Waals surface area contributed by atoms with Crippen LogP contribution in [0.4, 0.5) is 0 Å². The quantitative estimate of drug-likeness (QED) is 0.536. The summed E-state index contributed by atoms with van der Waals surface area (Å²) in [4.78, 5) is 16.6. The second kappa shape index (κ2) is 6.68. The Morgan fingerprint density at radius 2 is 1.89 bits per heavy atom. The lowest BCUT2D eigenvalue weighted by Gasteiger charge is -2.10. The van der Waals surface area contributed by atoms with Crippen molar-refractivity contribution in [2.45, 2.75) is 17.2 Å². The molecule has 0 aliphatic rings. The zero-order chi connectivity index (χ0) is 13.8. The van der Waals surface area contributed by atoms with Crippen LogP contribution in [-0.2, 0) is 0 Å². The van der Waals surface area contributed by atoms with E-state index < -0.39 is 0 Å². The first-order chi connectivity index (χ1) is 9.08. The maximum atomic E-state index is 12.3. The topological polar surface area (TPSA) is 30.0 Å². The Balaban J connectivity index is 2.12. The van der Waals surface area contributed by atoms with E-state index in [0.29, 0.717) is 0 Å². The largest absolute Gasteiger partial charge is 0.293 e. The van der Waals surface area contributed by atoms with E-state index in [1.165, 1.54) is 11.8 Å². The molecule has 1 aromatic carbocycles. The fourth-order valence-electron chi connectivity index (χ4n) is 1.53. The van der Waals surface area contributed by atoms with E-state index in [0.717, 1.165) is 19.5 Å². The van der Waals surface area contributed by atoms with Gasteiger partial charge in [0.25, 0.3) is 0 Å². The van der Waals surface area contributed by atoms with Crippen LogP contribution in [0.2, 0.25) is 0 Å². The highest BCUT2D eigenvalue weighted by Gasteiger charge is 2.18. The lowest BCUT2D eigenvalue weighted by atomic mass is 10.1. The maximum Gasteiger partial charge on any atom is 0.175 e. The van der Waals surface area contributed by atoms with E-state index in [1.807, 2.05) is 43.3 Å². The molecule has 2 nitrogen and oxygen atoms in total. The van der Waals surface area contributed by atoms with E-state index in [1.54, 1.807) is 6.20 Å². The highest BCUT2D eigenvalue weighted by molar-refractivity contribution is 9.10. The van der Waals surface area contributed by atoms with E-state index in [2.05, 4.69) is 36.8 Å². The van der Waals surface area contributed by atoms with Gasteiger partial charge < -0.3 is 0 Å². The Morgan fingerprint density at radius 1 is 1.21 bits per heavy atom. The molecule has 0 spiro atoms. The van der Waals surface area contributed by atoms with Crippen molar-refractivity contribution >= 4 is 49.4 Å². The molecule has 0 N–H and O–H groups in total. The monoisotopic (exact) mass is 399 g/mol. The molecule has 2 rings (SSSR count). The van der Waals surface area contributed by atoms with Crippen molar-refractivity contribution in [2.75, 3.05) is 0 Å². The van der Waals surface area contributed by atoms with Crippen molar-refractivity contribution in [3.8, 4) is 0 Å². The summed E-state index contributed by atoms with van der Waals surface area (Å²) in [7, 11) is 0. The van der Waals surface area contributed by atoms with Gasteiger partial charge in [-0.25, -0.2) is 4.98 Å². The molecule has 1 aromatic heterocycles. The van der Waals surface area contributed by atoms with Crippen molar-refractivity contribution < 1.29 is 4.79 Å². The third kappa shape index (κ3) is 3.91. The molecule has 1 atom stereocenters. The second-order valence-corrected chi connectivity index (χ2v) is 7.02. The van der Waals surface area contributed by atoms with Crippen LogP contribution >= 0.6 is 43.6 Å². The molecule has 5 heteroatoms. The molecule has 0 fully saturated rings. The molecule has 1 heterocycles. The number of benzene rings is 1. The van der Waals surface area contributed by atoms with Gasteiger partial charge in [0, 0.05) is 20.7 Å². The van der Waals surface area contributed by atoms with Crippen LogP contribution in [-0.4, -0.2) is 16.0 Å². The standard InChI is InChI=1S/C14H11Br2NOS/c1-9(19-14-12(16)3-2-8-17-14)13(18)10-4-6-11(15)7-5-10/h2-9H,1H3. The number of rotatable bonds is 4. The van der Waals surface area contributed by atoms with Crippen LogP contribution in [0.25, 0.3) is 0 Å². The van der Waals surface area contributed by atoms with Crippen LogP contribution in [0.5, 0.6) is 0 Å². The van der Waals surface area contributed by atoms with Crippen molar-refractivity contribution in [2.24, 2.45) is 0 Å². The summed E-state index contributed by atoms with van der Waals surface area (Å²) in [5.41, 5.74) is 0.718. The number of Topliss-reactive ketones (excluding diaryl/α,β-unsaturated/α-hetero) is 1. The third-order valence-electron chi connectivity index (χ3n) is 2.51. The number of hydrogen-bond acceptors (Lipinski definition) is 3. The van der Waals surface area contributed by atoms with Crippen molar-refractivity contribution in [3.05, 3.63) is 57.1 Å². The lowest BCUT2D eigenvalue weighted by molar-refractivity contribution is 0.0994. The number of aromatic nitrogens is 1. The molecule has 1 unspecified atom stereocenters. The minimum atomic E-state index is -0.174. The molecule has 0 saturated heterocycles. The molecule has 0 aliphatic heterocycles. The Hall–Kier alpha value is -0.650. The summed E-state index contributed by atoms with van der Waals surface area (Å²) in [5.74, 6) is 0.107. The molecular weight excluding hydrogens is 390 g/mol. The SMILES string of the molecule is CC(Sc1ncccc1Br)C(=O)c1ccc(Br)cc1. The first kappa shape index (κ1) is 14.8. The second-order valence-electron chi connectivity index (χ2n) is 3.92. The summed E-state index contributed by atoms with van der Waals surface area (Å²) >= 11 is 8.26. The van der Waals surface area contributed by atoms with Gasteiger partial charge >= 0.3 is 0 Å². The van der Waals surface area contributed by atoms with Crippen molar-refractivity contribution in [1.82, 2.24) is 4.98 Å². The van der Waals surface area contributed by atoms with Crippen LogP contribution in [0, 0.1) is 0 Å². The Labute approximate surface area is 133 Å². The minimum absolute atomic E-state index is 0.107. The van der Waals surface area contributed by atoms with Gasteiger partial charge in [-0.05, 0) is 47.1 Å². The van der Waals surface area contributed by atoms with Gasteiger partial charge in [0.1, 0.15) is 5.03 Å². The first-order valence-corrected chi connectivity index (χ1v) is 8.11. The molecule has 0 aliphatic carbocycles. The highest BCUT2D eigenvalue weighted by Crippen LogP contribution is 2.29. The van der Waals surface area contributed by atoms with Gasteiger partial charge in [-0.2, -0.15) is 0 Å². The molecule has 0 saturated carbocycles. The predicted octanol–water partition coefficient (Wildman–Crippen LogP) is 4.97. The van der Waals surface area contributed by atoms with E-state index in [-0.39, 0.29) is 11.0 Å². The van der Waals surface area contributed by atoms with Crippen molar-refractivity contribution in [3.63, 3.8) is 0 Å². The predicted molar refractivity (Wildman–Crippen MR) is 85.7 cm³/mol. The van der Waals surface area contributed by atoms with Gasteiger partial charge in [-0.3, -0.25) is 4.79 Å². The van der Waals surface area contributed by atoms with Gasteiger partial charge in [-0.1, -0.05) is 39.8 Å². The van der Waals surface area contributed by atoms with Gasteiger partial charge in [0.05, 0.1) is 5.25 Å². The fraction of sp³-hybridized carbons (Fsp3) is 0.143. The summed E-state index contributed by atoms with van der Waals surface area (Å²) in [5, 5.41) is 0.660. The third-order valence-corrected chi connectivity index (χ3v) is 5.06. The molecule has 0 bridgehead atoms. The molecule has 2 aromatic rings. The van der Waals surface area contributed by atoms with E-state index >= 15 is 0 Å². The first-order valence-electron chi connectivity index (χ1n) is 5.65. The normalized spacial score (nSPS) is 12.2.